The number of nitrogens with zero attached hydrogens (tertiary/aromatic N) is 4. The Morgan fingerprint density at radius 1 is 1.21 bits per heavy atom. The average Bonchev–Trinajstić information content (AvgIpc) is 3.21. The third-order valence-electron chi connectivity index (χ3n) is 4.87. The number of benzene rings is 1. The van der Waals surface area contributed by atoms with E-state index in [1.807, 2.05) is 54.9 Å². The number of aliphatic imine (C=N–C) groups is 1. The van der Waals surface area contributed by atoms with Gasteiger partial charge in [-0.1, -0.05) is 25.1 Å². The van der Waals surface area contributed by atoms with Crippen molar-refractivity contribution in [1.82, 2.24) is 20.1 Å². The molecule has 0 bridgehead atoms. The summed E-state index contributed by atoms with van der Waals surface area (Å²) in [4.78, 5) is 15.1. The maximum Gasteiger partial charge on any atom is 0.193 e. The van der Waals surface area contributed by atoms with E-state index in [1.165, 1.54) is 9.88 Å². The molecule has 1 aliphatic rings. The van der Waals surface area contributed by atoms with Crippen LogP contribution >= 0.6 is 11.3 Å². The standard InChI is InChI=1S/C21H31N5OS/c1-3-19-17-24-20(28-19)9-10-23-21(22-2)26-13-11-25(12-14-26)15-16-27-18-7-5-4-6-8-18/h4-8,17H,3,9-16H2,1-2H3,(H,22,23). The highest BCUT2D eigenvalue weighted by molar-refractivity contribution is 7.11. The van der Waals surface area contributed by atoms with Crippen molar-refractivity contribution in [3.8, 4) is 5.75 Å². The minimum absolute atomic E-state index is 0.727. The third-order valence-corrected chi connectivity index (χ3v) is 6.08. The second-order valence-corrected chi connectivity index (χ2v) is 7.99. The number of nitrogens with one attached hydrogen (secondary N) is 1. The fraction of sp³-hybridized carbons (Fsp3) is 0.524. The molecular weight excluding hydrogens is 370 g/mol. The summed E-state index contributed by atoms with van der Waals surface area (Å²) in [5, 5.41) is 4.69. The predicted octanol–water partition coefficient (Wildman–Crippen LogP) is 2.52. The van der Waals surface area contributed by atoms with E-state index in [0.29, 0.717) is 0 Å². The zero-order valence-corrected chi connectivity index (χ0v) is 17.7. The fourth-order valence-corrected chi connectivity index (χ4v) is 4.10. The zero-order valence-electron chi connectivity index (χ0n) is 16.9. The number of hydrogen-bond acceptors (Lipinski definition) is 5. The monoisotopic (exact) mass is 401 g/mol. The van der Waals surface area contributed by atoms with E-state index in [1.54, 1.807) is 0 Å². The maximum atomic E-state index is 5.81. The van der Waals surface area contributed by atoms with Crippen molar-refractivity contribution in [2.45, 2.75) is 19.8 Å². The van der Waals surface area contributed by atoms with Gasteiger partial charge in [-0.3, -0.25) is 9.89 Å². The number of ether oxygens (including phenoxy) is 1. The summed E-state index contributed by atoms with van der Waals surface area (Å²) >= 11 is 1.81. The summed E-state index contributed by atoms with van der Waals surface area (Å²) in [7, 11) is 1.86. The Kier molecular flexibility index (Phi) is 8.11. The highest BCUT2D eigenvalue weighted by atomic mass is 32.1. The first kappa shape index (κ1) is 20.6. The van der Waals surface area contributed by atoms with Gasteiger partial charge in [-0.15, -0.1) is 11.3 Å². The minimum atomic E-state index is 0.727. The zero-order chi connectivity index (χ0) is 19.6. The molecule has 3 rings (SSSR count). The smallest absolute Gasteiger partial charge is 0.193 e. The van der Waals surface area contributed by atoms with Crippen molar-refractivity contribution in [1.29, 1.82) is 0 Å². The average molecular weight is 402 g/mol. The quantitative estimate of drug-likeness (QED) is 0.544. The van der Waals surface area contributed by atoms with E-state index in [0.717, 1.165) is 70.4 Å². The number of guanidine groups is 1. The molecule has 6 nitrogen and oxygen atoms in total. The number of aryl methyl sites for hydroxylation is 1. The number of piperazine rings is 1. The Hall–Kier alpha value is -2.12. The van der Waals surface area contributed by atoms with Crippen molar-refractivity contribution in [2.24, 2.45) is 4.99 Å². The van der Waals surface area contributed by atoms with Crippen molar-refractivity contribution < 1.29 is 4.74 Å². The van der Waals surface area contributed by atoms with Gasteiger partial charge in [0.25, 0.3) is 0 Å². The molecule has 1 fully saturated rings. The van der Waals surface area contributed by atoms with Crippen molar-refractivity contribution in [2.75, 3.05) is 52.9 Å². The molecule has 1 aliphatic heterocycles. The first-order valence-corrected chi connectivity index (χ1v) is 10.9. The fourth-order valence-electron chi connectivity index (χ4n) is 3.23. The van der Waals surface area contributed by atoms with Crippen LogP contribution in [0.3, 0.4) is 0 Å². The van der Waals surface area contributed by atoms with Crippen LogP contribution in [0.2, 0.25) is 0 Å². The SMILES string of the molecule is CCc1cnc(CCNC(=NC)N2CCN(CCOc3ccccc3)CC2)s1. The Morgan fingerprint density at radius 2 is 2.00 bits per heavy atom. The highest BCUT2D eigenvalue weighted by Crippen LogP contribution is 2.13. The lowest BCUT2D eigenvalue weighted by Crippen LogP contribution is -2.53. The summed E-state index contributed by atoms with van der Waals surface area (Å²) in [6, 6.07) is 10.0. The number of rotatable bonds is 8. The number of para-hydroxylation sites is 1. The molecule has 0 radical (unpaired) electrons. The van der Waals surface area contributed by atoms with Crippen LogP contribution in [-0.4, -0.2) is 73.7 Å². The van der Waals surface area contributed by atoms with E-state index >= 15 is 0 Å². The van der Waals surface area contributed by atoms with Crippen LogP contribution in [0.1, 0.15) is 16.8 Å². The Morgan fingerprint density at radius 3 is 2.68 bits per heavy atom. The van der Waals surface area contributed by atoms with Gasteiger partial charge in [0.05, 0.1) is 5.01 Å². The van der Waals surface area contributed by atoms with Gasteiger partial charge in [0.15, 0.2) is 5.96 Å². The molecule has 0 atom stereocenters. The topological polar surface area (TPSA) is 53.0 Å². The van der Waals surface area contributed by atoms with Crippen LogP contribution in [0.25, 0.3) is 0 Å². The van der Waals surface area contributed by atoms with Gasteiger partial charge in [0.1, 0.15) is 12.4 Å². The first-order valence-electron chi connectivity index (χ1n) is 10.1. The van der Waals surface area contributed by atoms with E-state index < -0.39 is 0 Å². The highest BCUT2D eigenvalue weighted by Gasteiger charge is 2.19. The second-order valence-electron chi connectivity index (χ2n) is 6.79. The molecule has 0 unspecified atom stereocenters. The van der Waals surface area contributed by atoms with E-state index in [-0.39, 0.29) is 0 Å². The maximum absolute atomic E-state index is 5.81. The molecule has 1 aromatic carbocycles. The number of aromatic nitrogens is 1. The number of hydrogen-bond donors (Lipinski definition) is 1. The van der Waals surface area contributed by atoms with Crippen LogP contribution in [0.4, 0.5) is 0 Å². The van der Waals surface area contributed by atoms with Crippen LogP contribution < -0.4 is 10.1 Å². The van der Waals surface area contributed by atoms with Crippen LogP contribution in [0.15, 0.2) is 41.5 Å². The van der Waals surface area contributed by atoms with E-state index in [9.17, 15) is 0 Å². The predicted molar refractivity (Wildman–Crippen MR) is 117 cm³/mol. The summed E-state index contributed by atoms with van der Waals surface area (Å²) < 4.78 is 5.81. The van der Waals surface area contributed by atoms with E-state index in [2.05, 4.69) is 32.0 Å². The van der Waals surface area contributed by atoms with Gasteiger partial charge in [-0.05, 0) is 18.6 Å². The lowest BCUT2D eigenvalue weighted by atomic mass is 10.3. The minimum Gasteiger partial charge on any atom is -0.492 e. The lowest BCUT2D eigenvalue weighted by molar-refractivity contribution is 0.152. The lowest BCUT2D eigenvalue weighted by Gasteiger charge is -2.36. The second kappa shape index (κ2) is 11.0. The molecule has 0 aliphatic carbocycles. The molecule has 152 valence electrons. The molecule has 28 heavy (non-hydrogen) atoms. The normalized spacial score (nSPS) is 15.6. The van der Waals surface area contributed by atoms with Crippen molar-refractivity contribution in [3.63, 3.8) is 0 Å². The molecule has 2 heterocycles. The van der Waals surface area contributed by atoms with Gasteiger partial charge in [-0.2, -0.15) is 0 Å². The molecule has 7 heteroatoms. The summed E-state index contributed by atoms with van der Waals surface area (Å²) in [5.74, 6) is 1.93. The molecule has 1 aromatic heterocycles. The molecule has 0 saturated carbocycles. The molecule has 2 aromatic rings. The summed E-state index contributed by atoms with van der Waals surface area (Å²) in [6.45, 7) is 8.77. The molecule has 0 spiro atoms. The van der Waals surface area contributed by atoms with Gasteiger partial charge in [0, 0.05) is 63.8 Å². The van der Waals surface area contributed by atoms with Crippen molar-refractivity contribution >= 4 is 17.3 Å². The Labute approximate surface area is 172 Å². The molecule has 1 N–H and O–H groups in total. The van der Waals surface area contributed by atoms with Gasteiger partial charge in [0.2, 0.25) is 0 Å². The molecule has 0 amide bonds. The first-order chi connectivity index (χ1) is 13.8. The Balaban J connectivity index is 1.34. The molecular formula is C21H31N5OS. The van der Waals surface area contributed by atoms with Gasteiger partial charge in [-0.25, -0.2) is 4.98 Å². The third kappa shape index (κ3) is 6.21. The van der Waals surface area contributed by atoms with Crippen LogP contribution in [0.5, 0.6) is 5.75 Å². The Bertz CT molecular complexity index is 725. The largest absolute Gasteiger partial charge is 0.492 e. The van der Waals surface area contributed by atoms with Gasteiger partial charge >= 0.3 is 0 Å². The number of thiazole rings is 1. The summed E-state index contributed by atoms with van der Waals surface area (Å²) in [6.07, 6.45) is 4.00. The summed E-state index contributed by atoms with van der Waals surface area (Å²) in [5.41, 5.74) is 0. The van der Waals surface area contributed by atoms with Crippen LogP contribution in [0, 0.1) is 0 Å². The van der Waals surface area contributed by atoms with Gasteiger partial charge < -0.3 is 15.0 Å². The van der Waals surface area contributed by atoms with Crippen molar-refractivity contribution in [3.05, 3.63) is 46.4 Å². The van der Waals surface area contributed by atoms with E-state index in [4.69, 9.17) is 4.74 Å². The molecule has 1 saturated heterocycles. The van der Waals surface area contributed by atoms with Crippen LogP contribution in [-0.2, 0) is 12.8 Å².